The summed E-state index contributed by atoms with van der Waals surface area (Å²) in [6.45, 7) is 2.25. The zero-order valence-corrected chi connectivity index (χ0v) is 18.4. The number of para-hydroxylation sites is 1. The van der Waals surface area contributed by atoms with E-state index in [1.165, 1.54) is 74.2 Å². The van der Waals surface area contributed by atoms with Crippen molar-refractivity contribution in [2.75, 3.05) is 5.75 Å². The van der Waals surface area contributed by atoms with Crippen LogP contribution in [0.2, 0.25) is 0 Å². The molecule has 0 saturated carbocycles. The van der Waals surface area contributed by atoms with Crippen LogP contribution >= 0.6 is 24.0 Å². The first-order chi connectivity index (χ1) is 13.6. The fourth-order valence-corrected chi connectivity index (χ4v) is 4.49. The molecular weight excluding hydrogens is 388 g/mol. The molecule has 1 aromatic carbocycles. The topological polar surface area (TPSA) is 58.0 Å². The summed E-state index contributed by atoms with van der Waals surface area (Å²) in [5.41, 5.74) is 0.559. The number of nitrogens with zero attached hydrogens (tertiary/aromatic N) is 1. The van der Waals surface area contributed by atoms with Gasteiger partial charge in [-0.1, -0.05) is 95.1 Å². The predicted molar refractivity (Wildman–Crippen MR) is 124 cm³/mol. The van der Waals surface area contributed by atoms with Crippen molar-refractivity contribution >= 4 is 28.2 Å². The van der Waals surface area contributed by atoms with Gasteiger partial charge in [0.05, 0.1) is 9.88 Å². The van der Waals surface area contributed by atoms with Crippen LogP contribution in [0.15, 0.2) is 35.1 Å². The molecule has 2 N–H and O–H groups in total. The lowest BCUT2D eigenvalue weighted by molar-refractivity contribution is 0.433. The van der Waals surface area contributed by atoms with Gasteiger partial charge in [-0.15, -0.1) is 11.8 Å². The van der Waals surface area contributed by atoms with Crippen molar-refractivity contribution in [1.82, 2.24) is 9.78 Å². The van der Waals surface area contributed by atoms with Crippen LogP contribution in [0, 0.1) is 0 Å². The summed E-state index contributed by atoms with van der Waals surface area (Å²) in [6.07, 6.45) is 13.0. The standard InChI is InChI=1S/C22H32N2O2S2/c1-2-3-4-5-6-7-8-9-10-14-17-28-22(27)19-20(25)23-24(21(19)26)18-15-12-11-13-16-18/h11-13,15-16,26H,2-10,14,17H2,1H3,(H,23,25). The molecule has 154 valence electrons. The van der Waals surface area contributed by atoms with Crippen LogP contribution in [0.1, 0.15) is 76.7 Å². The molecule has 0 radical (unpaired) electrons. The van der Waals surface area contributed by atoms with E-state index in [-0.39, 0.29) is 17.0 Å². The molecule has 0 unspecified atom stereocenters. The number of benzene rings is 1. The number of hydrogen-bond acceptors (Lipinski definition) is 4. The molecule has 0 bridgehead atoms. The van der Waals surface area contributed by atoms with E-state index in [1.807, 2.05) is 30.3 Å². The van der Waals surface area contributed by atoms with Crippen LogP contribution in [0.5, 0.6) is 5.88 Å². The molecule has 4 nitrogen and oxygen atoms in total. The van der Waals surface area contributed by atoms with Crippen molar-refractivity contribution in [3.05, 3.63) is 46.2 Å². The van der Waals surface area contributed by atoms with E-state index < -0.39 is 0 Å². The highest BCUT2D eigenvalue weighted by atomic mass is 32.2. The number of aromatic hydroxyl groups is 1. The van der Waals surface area contributed by atoms with E-state index in [1.54, 1.807) is 0 Å². The van der Waals surface area contributed by atoms with Crippen LogP contribution in [-0.4, -0.2) is 24.8 Å². The van der Waals surface area contributed by atoms with Crippen molar-refractivity contribution in [2.24, 2.45) is 0 Å². The summed E-state index contributed by atoms with van der Waals surface area (Å²) in [7, 11) is 0. The largest absolute Gasteiger partial charge is 0.493 e. The number of aromatic amines is 1. The third kappa shape index (κ3) is 7.13. The monoisotopic (exact) mass is 420 g/mol. The maximum Gasteiger partial charge on any atom is 0.277 e. The summed E-state index contributed by atoms with van der Waals surface area (Å²) in [5, 5.41) is 13.1. The number of nitrogens with one attached hydrogen (secondary N) is 1. The first-order valence-corrected chi connectivity index (χ1v) is 11.8. The summed E-state index contributed by atoms with van der Waals surface area (Å²) in [6, 6.07) is 9.23. The summed E-state index contributed by atoms with van der Waals surface area (Å²) >= 11 is 6.88. The van der Waals surface area contributed by atoms with Gasteiger partial charge in [-0.05, 0) is 24.3 Å². The second kappa shape index (κ2) is 12.8. The summed E-state index contributed by atoms with van der Waals surface area (Å²) in [4.78, 5) is 12.2. The lowest BCUT2D eigenvalue weighted by Crippen LogP contribution is -2.10. The highest BCUT2D eigenvalue weighted by Crippen LogP contribution is 2.24. The van der Waals surface area contributed by atoms with Crippen LogP contribution in [0.4, 0.5) is 0 Å². The Labute approximate surface area is 177 Å². The number of thiocarbonyl (C=S) groups is 1. The zero-order valence-electron chi connectivity index (χ0n) is 16.8. The Hall–Kier alpha value is -1.53. The molecule has 0 aliphatic carbocycles. The molecule has 28 heavy (non-hydrogen) atoms. The molecular formula is C22H32N2O2S2. The number of aromatic nitrogens is 2. The Morgan fingerprint density at radius 1 is 1.00 bits per heavy atom. The first-order valence-electron chi connectivity index (χ1n) is 10.4. The Kier molecular flexibility index (Phi) is 10.4. The van der Waals surface area contributed by atoms with Crippen molar-refractivity contribution < 1.29 is 5.11 Å². The number of H-pyrrole nitrogens is 1. The van der Waals surface area contributed by atoms with Gasteiger partial charge in [0, 0.05) is 0 Å². The highest BCUT2D eigenvalue weighted by Gasteiger charge is 2.19. The second-order valence-corrected chi connectivity index (χ2v) is 8.90. The van der Waals surface area contributed by atoms with Crippen LogP contribution in [-0.2, 0) is 0 Å². The Balaban J connectivity index is 1.69. The van der Waals surface area contributed by atoms with Gasteiger partial charge >= 0.3 is 0 Å². The Bertz CT molecular complexity index is 769. The van der Waals surface area contributed by atoms with Gasteiger partial charge in [-0.2, -0.15) is 0 Å². The minimum atomic E-state index is -0.345. The minimum Gasteiger partial charge on any atom is -0.493 e. The molecule has 0 fully saturated rings. The van der Waals surface area contributed by atoms with Gasteiger partial charge in [-0.25, -0.2) is 4.68 Å². The van der Waals surface area contributed by atoms with E-state index in [4.69, 9.17) is 12.2 Å². The average Bonchev–Trinajstić information content (AvgIpc) is 3.01. The van der Waals surface area contributed by atoms with E-state index in [0.717, 1.165) is 12.2 Å². The molecule has 2 aromatic rings. The SMILES string of the molecule is CCCCCCCCCCCCSC(=S)c1c(O)n(-c2ccccc2)[nH]c1=O. The third-order valence-electron chi connectivity index (χ3n) is 4.83. The summed E-state index contributed by atoms with van der Waals surface area (Å²) in [5.74, 6) is 0.766. The molecule has 0 spiro atoms. The smallest absolute Gasteiger partial charge is 0.277 e. The zero-order chi connectivity index (χ0) is 20.2. The van der Waals surface area contributed by atoms with Crippen LogP contribution in [0.3, 0.4) is 0 Å². The van der Waals surface area contributed by atoms with Crippen molar-refractivity contribution in [2.45, 2.75) is 71.1 Å². The van der Waals surface area contributed by atoms with Crippen LogP contribution < -0.4 is 5.56 Å². The van der Waals surface area contributed by atoms with Crippen molar-refractivity contribution in [1.29, 1.82) is 0 Å². The number of unbranched alkanes of at least 4 members (excludes halogenated alkanes) is 9. The molecule has 2 rings (SSSR count). The molecule has 6 heteroatoms. The predicted octanol–water partition coefficient (Wildman–Crippen LogP) is 6.20. The minimum absolute atomic E-state index is 0.114. The van der Waals surface area contributed by atoms with Gasteiger partial charge in [0.1, 0.15) is 5.56 Å². The third-order valence-corrected chi connectivity index (χ3v) is 6.34. The lowest BCUT2D eigenvalue weighted by Gasteiger charge is -2.05. The fraction of sp³-hybridized carbons (Fsp3) is 0.545. The molecule has 1 heterocycles. The van der Waals surface area contributed by atoms with Crippen molar-refractivity contribution in [3.63, 3.8) is 0 Å². The van der Waals surface area contributed by atoms with Gasteiger partial charge in [-0.3, -0.25) is 9.89 Å². The lowest BCUT2D eigenvalue weighted by atomic mass is 10.1. The number of thioether (sulfide) groups is 1. The Morgan fingerprint density at radius 3 is 2.18 bits per heavy atom. The molecule has 0 aliphatic heterocycles. The van der Waals surface area contributed by atoms with Crippen LogP contribution in [0.25, 0.3) is 5.69 Å². The van der Waals surface area contributed by atoms with Gasteiger partial charge in [0.25, 0.3) is 5.56 Å². The molecule has 0 aliphatic rings. The first kappa shape index (κ1) is 22.8. The van der Waals surface area contributed by atoms with E-state index >= 15 is 0 Å². The van der Waals surface area contributed by atoms with E-state index in [2.05, 4.69) is 12.0 Å². The maximum absolute atomic E-state index is 12.2. The summed E-state index contributed by atoms with van der Waals surface area (Å²) < 4.78 is 1.84. The van der Waals surface area contributed by atoms with Crippen molar-refractivity contribution in [3.8, 4) is 11.6 Å². The number of rotatable bonds is 13. The number of hydrogen-bond donors (Lipinski definition) is 2. The molecule has 0 atom stereocenters. The van der Waals surface area contributed by atoms with Gasteiger partial charge in [0.15, 0.2) is 0 Å². The maximum atomic E-state index is 12.2. The second-order valence-electron chi connectivity index (χ2n) is 7.13. The molecule has 0 saturated heterocycles. The van der Waals surface area contributed by atoms with Gasteiger partial charge < -0.3 is 5.11 Å². The fourth-order valence-electron chi connectivity index (χ4n) is 3.20. The average molecular weight is 421 g/mol. The quantitative estimate of drug-likeness (QED) is 0.299. The van der Waals surface area contributed by atoms with Gasteiger partial charge in [0.2, 0.25) is 5.88 Å². The highest BCUT2D eigenvalue weighted by molar-refractivity contribution is 8.23. The normalized spacial score (nSPS) is 11.0. The van der Waals surface area contributed by atoms with E-state index in [0.29, 0.717) is 9.88 Å². The molecule has 1 aromatic heterocycles. The van der Waals surface area contributed by atoms with E-state index in [9.17, 15) is 9.90 Å². The molecule has 0 amide bonds. The Morgan fingerprint density at radius 2 is 1.57 bits per heavy atom.